The van der Waals surface area contributed by atoms with Crippen LogP contribution in [-0.4, -0.2) is 48.1 Å². The summed E-state index contributed by atoms with van der Waals surface area (Å²) in [5.41, 5.74) is 1.08. The van der Waals surface area contributed by atoms with E-state index in [0.29, 0.717) is 10.1 Å². The number of carbonyl (C=O) groups is 2. The normalized spacial score (nSPS) is 14.0. The van der Waals surface area contributed by atoms with Crippen LogP contribution >= 0.6 is 0 Å². The molecule has 0 aromatic carbocycles. The van der Waals surface area contributed by atoms with Gasteiger partial charge in [0.25, 0.3) is 0 Å². The monoisotopic (exact) mass is 220 g/mol. The molecule has 0 radical (unpaired) electrons. The van der Waals surface area contributed by atoms with Gasteiger partial charge in [-0.15, -0.1) is 0 Å². The average Bonchev–Trinajstić information content (AvgIpc) is 2.04. The maximum Gasteiger partial charge on any atom is 0.0909 e. The highest BCUT2D eigenvalue weighted by molar-refractivity contribution is 7.10. The van der Waals surface area contributed by atoms with Crippen LogP contribution in [0.15, 0.2) is 0 Å². The van der Waals surface area contributed by atoms with E-state index in [0.717, 1.165) is 5.67 Å². The molecule has 0 aromatic rings. The van der Waals surface area contributed by atoms with Crippen LogP contribution in [0, 0.1) is 0 Å². The van der Waals surface area contributed by atoms with Crippen molar-refractivity contribution in [2.24, 2.45) is 0 Å². The Hall–Kier alpha value is 0.208. The molecule has 0 aliphatic rings. The van der Waals surface area contributed by atoms with Crippen LogP contribution in [-0.2, 0) is 0 Å². The molecule has 0 atom stereocenters. The molecule has 0 aliphatic heterocycles. The van der Waals surface area contributed by atoms with Gasteiger partial charge in [-0.05, 0) is 0 Å². The highest BCUT2D eigenvalue weighted by Crippen LogP contribution is 1.82. The van der Waals surface area contributed by atoms with Crippen LogP contribution in [0.25, 0.3) is 0 Å². The van der Waals surface area contributed by atoms with Gasteiger partial charge in [0.05, 0.1) is 48.1 Å². The lowest BCUT2D eigenvalue weighted by atomic mass is 11.7. The van der Waals surface area contributed by atoms with Crippen molar-refractivity contribution >= 4 is 48.1 Å². The van der Waals surface area contributed by atoms with Crippen molar-refractivity contribution in [3.8, 4) is 0 Å². The Morgan fingerprint density at radius 1 is 1.00 bits per heavy atom. The van der Waals surface area contributed by atoms with E-state index >= 15 is 0 Å². The van der Waals surface area contributed by atoms with Crippen molar-refractivity contribution in [2.75, 3.05) is 0 Å². The molecule has 64 valence electrons. The van der Waals surface area contributed by atoms with E-state index in [-0.39, 0.29) is 19.0 Å². The largest absolute Gasteiger partial charge is 0.312 e. The molecule has 0 fully saturated rings. The third kappa shape index (κ3) is 6.60. The van der Waals surface area contributed by atoms with Gasteiger partial charge < -0.3 is 9.59 Å². The standard InChI is InChI=1S/C5H16O2Si4/c1-8-4(6)10-3-11-5(7)9-2/h3,8-11H2,1-2H3. The molecule has 0 saturated heterocycles. The second kappa shape index (κ2) is 6.89. The lowest BCUT2D eigenvalue weighted by molar-refractivity contribution is 0.273. The number of rotatable bonds is 6. The van der Waals surface area contributed by atoms with Crippen LogP contribution in [0.5, 0.6) is 0 Å². The van der Waals surface area contributed by atoms with Gasteiger partial charge in [0, 0.05) is 0 Å². The van der Waals surface area contributed by atoms with Crippen molar-refractivity contribution in [2.45, 2.75) is 18.8 Å². The van der Waals surface area contributed by atoms with E-state index in [1.165, 1.54) is 0 Å². The van der Waals surface area contributed by atoms with Crippen molar-refractivity contribution < 1.29 is 9.59 Å². The third-order valence-electron chi connectivity index (χ3n) is 1.70. The second-order valence-corrected chi connectivity index (χ2v) is 13.0. The molecule has 0 rings (SSSR count). The summed E-state index contributed by atoms with van der Waals surface area (Å²) < 4.78 is 0. The molecule has 0 aromatic heterocycles. The Morgan fingerprint density at radius 3 is 1.64 bits per heavy atom. The van der Waals surface area contributed by atoms with Gasteiger partial charge in [0.1, 0.15) is 0 Å². The first-order chi connectivity index (χ1) is 5.20. The van der Waals surface area contributed by atoms with Crippen LogP contribution in [0.4, 0.5) is 9.59 Å². The van der Waals surface area contributed by atoms with Gasteiger partial charge in [-0.25, -0.2) is 0 Å². The van der Waals surface area contributed by atoms with E-state index in [9.17, 15) is 9.59 Å². The highest BCUT2D eigenvalue weighted by Gasteiger charge is 2.02. The van der Waals surface area contributed by atoms with Gasteiger partial charge in [-0.3, -0.25) is 0 Å². The van der Waals surface area contributed by atoms with Gasteiger partial charge in [-0.1, -0.05) is 18.8 Å². The maximum absolute atomic E-state index is 10.9. The molecule has 0 bridgehead atoms. The quantitative estimate of drug-likeness (QED) is 0.504. The van der Waals surface area contributed by atoms with Gasteiger partial charge >= 0.3 is 0 Å². The minimum absolute atomic E-state index is 0.368. The van der Waals surface area contributed by atoms with E-state index in [1.54, 1.807) is 0 Å². The molecule has 6 heteroatoms. The van der Waals surface area contributed by atoms with Crippen molar-refractivity contribution in [1.82, 2.24) is 0 Å². The Bertz CT molecular complexity index is 131. The number of hydrogen-bond acceptors (Lipinski definition) is 2. The molecular weight excluding hydrogens is 204 g/mol. The first kappa shape index (κ1) is 11.2. The Kier molecular flexibility index (Phi) is 7.02. The van der Waals surface area contributed by atoms with Crippen molar-refractivity contribution in [1.29, 1.82) is 0 Å². The van der Waals surface area contributed by atoms with Crippen LogP contribution in [0.2, 0.25) is 18.8 Å². The van der Waals surface area contributed by atoms with E-state index in [4.69, 9.17) is 0 Å². The molecule has 0 unspecified atom stereocenters. The Balaban J connectivity index is 3.27. The first-order valence-electron chi connectivity index (χ1n) is 4.24. The number of carbonyl (C=O) groups excluding carboxylic acids is 2. The molecule has 0 amide bonds. The SMILES string of the molecule is C[SiH2]C(=O)[SiH2]C[SiH2]C(=O)[SiH2]C. The smallest absolute Gasteiger partial charge is 0.0909 e. The van der Waals surface area contributed by atoms with Crippen LogP contribution in [0.1, 0.15) is 0 Å². The lowest BCUT2D eigenvalue weighted by Gasteiger charge is -1.94. The Labute approximate surface area is 76.8 Å². The van der Waals surface area contributed by atoms with Crippen LogP contribution in [0.3, 0.4) is 0 Å². The molecule has 0 spiro atoms. The predicted molar refractivity (Wildman–Crippen MR) is 61.5 cm³/mol. The summed E-state index contributed by atoms with van der Waals surface area (Å²) in [5.74, 6) is 0. The highest BCUT2D eigenvalue weighted by atomic mass is 28.3. The molecule has 11 heavy (non-hydrogen) atoms. The van der Waals surface area contributed by atoms with E-state index in [1.807, 2.05) is 13.1 Å². The fourth-order valence-electron chi connectivity index (χ4n) is 0.836. The predicted octanol–water partition coefficient (Wildman–Crippen LogP) is -1.63. The first-order valence-corrected chi connectivity index (χ1v) is 11.9. The number of hydrogen-bond donors (Lipinski definition) is 0. The minimum atomic E-state index is -0.430. The second-order valence-electron chi connectivity index (χ2n) is 2.64. The van der Waals surface area contributed by atoms with Crippen LogP contribution < -0.4 is 0 Å². The average molecular weight is 221 g/mol. The molecule has 0 saturated carbocycles. The van der Waals surface area contributed by atoms with Gasteiger partial charge in [-0.2, -0.15) is 0 Å². The molecule has 0 aliphatic carbocycles. The van der Waals surface area contributed by atoms with E-state index in [2.05, 4.69) is 0 Å². The van der Waals surface area contributed by atoms with Gasteiger partial charge in [0.2, 0.25) is 0 Å². The zero-order chi connectivity index (χ0) is 8.69. The van der Waals surface area contributed by atoms with Gasteiger partial charge in [0.15, 0.2) is 0 Å². The summed E-state index contributed by atoms with van der Waals surface area (Å²) in [6.45, 7) is 4.10. The topological polar surface area (TPSA) is 34.1 Å². The maximum atomic E-state index is 10.9. The molecule has 2 nitrogen and oxygen atoms in total. The summed E-state index contributed by atoms with van der Waals surface area (Å²) in [6.07, 6.45) is 0. The fraction of sp³-hybridized carbons (Fsp3) is 0.600. The van der Waals surface area contributed by atoms with Crippen molar-refractivity contribution in [3.05, 3.63) is 0 Å². The van der Waals surface area contributed by atoms with Crippen molar-refractivity contribution in [3.63, 3.8) is 0 Å². The Morgan fingerprint density at radius 2 is 1.36 bits per heavy atom. The van der Waals surface area contributed by atoms with E-state index < -0.39 is 19.0 Å². The summed E-state index contributed by atoms with van der Waals surface area (Å²) in [4.78, 5) is 21.9. The lowest BCUT2D eigenvalue weighted by Crippen LogP contribution is -2.19. The molecular formula is C5H16O2Si4. The summed E-state index contributed by atoms with van der Waals surface area (Å²) in [5, 5.41) is 1.17. The zero-order valence-electron chi connectivity index (χ0n) is 7.35. The molecule has 0 N–H and O–H groups in total. The minimum Gasteiger partial charge on any atom is -0.312 e. The summed E-state index contributed by atoms with van der Waals surface area (Å²) >= 11 is 0. The fourth-order valence-corrected chi connectivity index (χ4v) is 12.0. The zero-order valence-corrected chi connectivity index (χ0v) is 13.0. The summed E-state index contributed by atoms with van der Waals surface area (Å²) in [6, 6.07) is 0. The summed E-state index contributed by atoms with van der Waals surface area (Å²) in [7, 11) is -1.60. The third-order valence-corrected chi connectivity index (χ3v) is 12.3. The molecule has 0 heterocycles.